The van der Waals surface area contributed by atoms with Crippen LogP contribution in [-0.4, -0.2) is 20.9 Å². The number of hydrogen-bond acceptors (Lipinski definition) is 3. The summed E-state index contributed by atoms with van der Waals surface area (Å²) >= 11 is 0. The Balaban J connectivity index is 3.10. The quantitative estimate of drug-likeness (QED) is 0.641. The average Bonchev–Trinajstić information content (AvgIpc) is 2.16. The van der Waals surface area contributed by atoms with Crippen LogP contribution in [0.2, 0.25) is 0 Å². The minimum Gasteiger partial charge on any atom is -0.497 e. The number of rotatable bonds is 3. The second-order valence-corrected chi connectivity index (χ2v) is 2.20. The molecule has 0 amide bonds. The first kappa shape index (κ1) is 8.59. The Bertz CT molecular complexity index is 284. The number of aliphatic imine (C=N–C) groups is 1. The lowest BCUT2D eigenvalue weighted by atomic mass is 10.3. The minimum absolute atomic E-state index is 0.671. The van der Waals surface area contributed by atoms with Crippen molar-refractivity contribution in [3.63, 3.8) is 0 Å². The van der Waals surface area contributed by atoms with Crippen LogP contribution in [-0.2, 0) is 0 Å². The molecular formula is C9H11NO2. The molecule has 0 radical (unpaired) electrons. The molecule has 3 nitrogen and oxygen atoms in total. The summed E-state index contributed by atoms with van der Waals surface area (Å²) in [6.45, 7) is 3.42. The van der Waals surface area contributed by atoms with E-state index in [0.29, 0.717) is 5.75 Å². The molecule has 0 aliphatic rings. The summed E-state index contributed by atoms with van der Waals surface area (Å²) in [6.07, 6.45) is 0. The lowest BCUT2D eigenvalue weighted by molar-refractivity contribution is 0.395. The number of benzene rings is 1. The van der Waals surface area contributed by atoms with Crippen molar-refractivity contribution in [2.24, 2.45) is 4.99 Å². The first-order valence-electron chi connectivity index (χ1n) is 3.50. The Hall–Kier alpha value is -1.51. The van der Waals surface area contributed by atoms with Crippen molar-refractivity contribution in [2.75, 3.05) is 14.2 Å². The van der Waals surface area contributed by atoms with Crippen LogP contribution >= 0.6 is 0 Å². The molecule has 1 aromatic carbocycles. The van der Waals surface area contributed by atoms with Crippen molar-refractivity contribution < 1.29 is 9.47 Å². The van der Waals surface area contributed by atoms with Gasteiger partial charge in [-0.25, -0.2) is 0 Å². The van der Waals surface area contributed by atoms with Gasteiger partial charge in [-0.3, -0.25) is 4.99 Å². The van der Waals surface area contributed by atoms with Gasteiger partial charge in [0.05, 0.1) is 14.2 Å². The van der Waals surface area contributed by atoms with Crippen molar-refractivity contribution >= 4 is 12.4 Å². The molecule has 0 fully saturated rings. The summed E-state index contributed by atoms with van der Waals surface area (Å²) in [4.78, 5) is 3.79. The monoisotopic (exact) mass is 165 g/mol. The molecule has 0 spiro atoms. The molecule has 0 unspecified atom stereocenters. The molecule has 0 aliphatic heterocycles. The van der Waals surface area contributed by atoms with Gasteiger partial charge in [-0.1, -0.05) is 0 Å². The third-order valence-corrected chi connectivity index (χ3v) is 1.56. The van der Waals surface area contributed by atoms with Crippen LogP contribution in [0.25, 0.3) is 0 Å². The van der Waals surface area contributed by atoms with Gasteiger partial charge in [0.15, 0.2) is 0 Å². The smallest absolute Gasteiger partial charge is 0.148 e. The van der Waals surface area contributed by atoms with Crippen LogP contribution in [0.3, 0.4) is 0 Å². The van der Waals surface area contributed by atoms with E-state index in [4.69, 9.17) is 9.47 Å². The van der Waals surface area contributed by atoms with Crippen LogP contribution < -0.4 is 9.47 Å². The highest BCUT2D eigenvalue weighted by Crippen LogP contribution is 2.30. The first-order valence-corrected chi connectivity index (χ1v) is 3.50. The van der Waals surface area contributed by atoms with E-state index in [-0.39, 0.29) is 0 Å². The van der Waals surface area contributed by atoms with Gasteiger partial charge in [0.1, 0.15) is 17.2 Å². The molecule has 0 saturated carbocycles. The van der Waals surface area contributed by atoms with Gasteiger partial charge in [0, 0.05) is 6.07 Å². The van der Waals surface area contributed by atoms with E-state index in [2.05, 4.69) is 11.7 Å². The Kier molecular flexibility index (Phi) is 2.69. The van der Waals surface area contributed by atoms with E-state index < -0.39 is 0 Å². The summed E-state index contributed by atoms with van der Waals surface area (Å²) in [5.41, 5.74) is 0.721. The minimum atomic E-state index is 0.671. The summed E-state index contributed by atoms with van der Waals surface area (Å²) in [6, 6.07) is 5.38. The third-order valence-electron chi connectivity index (χ3n) is 1.56. The van der Waals surface area contributed by atoms with Crippen molar-refractivity contribution in [3.05, 3.63) is 18.2 Å². The third kappa shape index (κ3) is 1.56. The molecule has 0 aliphatic carbocycles. The fourth-order valence-electron chi connectivity index (χ4n) is 0.916. The van der Waals surface area contributed by atoms with Gasteiger partial charge < -0.3 is 9.47 Å². The number of nitrogens with zero attached hydrogens (tertiary/aromatic N) is 1. The lowest BCUT2D eigenvalue weighted by Crippen LogP contribution is -1.86. The van der Waals surface area contributed by atoms with Gasteiger partial charge in [0.2, 0.25) is 0 Å². The van der Waals surface area contributed by atoms with E-state index in [9.17, 15) is 0 Å². The summed E-state index contributed by atoms with van der Waals surface area (Å²) < 4.78 is 10.1. The molecule has 0 saturated heterocycles. The zero-order valence-electron chi connectivity index (χ0n) is 7.20. The van der Waals surface area contributed by atoms with Gasteiger partial charge in [-0.05, 0) is 18.9 Å². The van der Waals surface area contributed by atoms with E-state index in [1.54, 1.807) is 26.4 Å². The number of ether oxygens (including phenoxy) is 2. The molecule has 12 heavy (non-hydrogen) atoms. The number of methoxy groups -OCH3 is 2. The van der Waals surface area contributed by atoms with Crippen molar-refractivity contribution in [1.29, 1.82) is 0 Å². The lowest BCUT2D eigenvalue weighted by Gasteiger charge is -2.05. The zero-order valence-corrected chi connectivity index (χ0v) is 7.20. The van der Waals surface area contributed by atoms with Gasteiger partial charge in [0.25, 0.3) is 0 Å². The van der Waals surface area contributed by atoms with E-state index >= 15 is 0 Å². The average molecular weight is 165 g/mol. The molecule has 3 heteroatoms. The number of hydrogen-bond donors (Lipinski definition) is 0. The Morgan fingerprint density at radius 3 is 2.50 bits per heavy atom. The molecular weight excluding hydrogens is 154 g/mol. The highest BCUT2D eigenvalue weighted by Gasteiger charge is 2.01. The Morgan fingerprint density at radius 2 is 2.00 bits per heavy atom. The zero-order chi connectivity index (χ0) is 8.97. The van der Waals surface area contributed by atoms with Crippen LogP contribution in [0, 0.1) is 0 Å². The topological polar surface area (TPSA) is 30.8 Å². The predicted molar refractivity (Wildman–Crippen MR) is 48.8 cm³/mol. The molecule has 64 valence electrons. The second-order valence-electron chi connectivity index (χ2n) is 2.20. The molecule has 0 heterocycles. The predicted octanol–water partition coefficient (Wildman–Crippen LogP) is 2.04. The molecule has 0 atom stereocenters. The molecule has 0 bridgehead atoms. The molecule has 0 N–H and O–H groups in total. The summed E-state index contributed by atoms with van der Waals surface area (Å²) in [7, 11) is 3.19. The summed E-state index contributed by atoms with van der Waals surface area (Å²) in [5.74, 6) is 1.42. The largest absolute Gasteiger partial charge is 0.497 e. The maximum absolute atomic E-state index is 5.06. The van der Waals surface area contributed by atoms with E-state index in [1.165, 1.54) is 0 Å². The fraction of sp³-hybridized carbons (Fsp3) is 0.222. The SMILES string of the molecule is C=Nc1ccc(OC)cc1OC. The van der Waals surface area contributed by atoms with Crippen LogP contribution in [0.4, 0.5) is 5.69 Å². The van der Waals surface area contributed by atoms with Crippen molar-refractivity contribution in [3.8, 4) is 11.5 Å². The highest BCUT2D eigenvalue weighted by molar-refractivity contribution is 5.58. The molecule has 1 rings (SSSR count). The molecule has 0 aromatic heterocycles. The van der Waals surface area contributed by atoms with Crippen LogP contribution in [0.15, 0.2) is 23.2 Å². The first-order chi connectivity index (χ1) is 5.81. The maximum Gasteiger partial charge on any atom is 0.148 e. The fourth-order valence-corrected chi connectivity index (χ4v) is 0.916. The normalized spacial score (nSPS) is 9.17. The van der Waals surface area contributed by atoms with Crippen molar-refractivity contribution in [1.82, 2.24) is 0 Å². The molecule has 1 aromatic rings. The highest BCUT2D eigenvalue weighted by atomic mass is 16.5. The summed E-state index contributed by atoms with van der Waals surface area (Å²) in [5, 5.41) is 0. The standard InChI is InChI=1S/C9H11NO2/c1-10-8-5-4-7(11-2)6-9(8)12-3/h4-6H,1H2,2-3H3. The second kappa shape index (κ2) is 3.76. The van der Waals surface area contributed by atoms with Crippen LogP contribution in [0.1, 0.15) is 0 Å². The van der Waals surface area contributed by atoms with Gasteiger partial charge in [-0.2, -0.15) is 0 Å². The van der Waals surface area contributed by atoms with E-state index in [0.717, 1.165) is 11.4 Å². The van der Waals surface area contributed by atoms with Crippen LogP contribution in [0.5, 0.6) is 11.5 Å². The Morgan fingerprint density at radius 1 is 1.25 bits per heavy atom. The van der Waals surface area contributed by atoms with Gasteiger partial charge >= 0.3 is 0 Å². The van der Waals surface area contributed by atoms with Crippen molar-refractivity contribution in [2.45, 2.75) is 0 Å². The maximum atomic E-state index is 5.06. The van der Waals surface area contributed by atoms with Gasteiger partial charge in [-0.15, -0.1) is 0 Å². The Labute approximate surface area is 71.6 Å². The van der Waals surface area contributed by atoms with E-state index in [1.807, 2.05) is 6.07 Å².